The Bertz CT molecular complexity index is 936. The quantitative estimate of drug-likeness (QED) is 0.680. The molecule has 134 valence electrons. The number of fused-ring (bicyclic) bond motifs is 3. The highest BCUT2D eigenvalue weighted by Crippen LogP contribution is 2.39. The highest BCUT2D eigenvalue weighted by molar-refractivity contribution is 7.16. The molecular formula is C17H18N6O2S. The minimum Gasteiger partial charge on any atom is -0.383 e. The smallest absolute Gasteiger partial charge is 0.263 e. The van der Waals surface area contributed by atoms with Crippen LogP contribution in [0.25, 0.3) is 11.3 Å². The first kappa shape index (κ1) is 16.8. The zero-order chi connectivity index (χ0) is 18.1. The lowest BCUT2D eigenvalue weighted by Gasteiger charge is -2.19. The number of carbonyl (C=O) groups excluding carboxylic acids is 1. The fraction of sp³-hybridized carbons (Fsp3) is 0.353. The molecule has 0 spiro atoms. The Kier molecular flexibility index (Phi) is 4.48. The number of ether oxygens (including phenoxy) is 1. The van der Waals surface area contributed by atoms with E-state index in [-0.39, 0.29) is 5.91 Å². The largest absolute Gasteiger partial charge is 0.383 e. The molecule has 1 aliphatic rings. The van der Waals surface area contributed by atoms with Crippen LogP contribution in [0.4, 0.5) is 5.13 Å². The van der Waals surface area contributed by atoms with Gasteiger partial charge in [0.25, 0.3) is 5.91 Å². The molecule has 0 saturated carbocycles. The van der Waals surface area contributed by atoms with Crippen molar-refractivity contribution in [2.45, 2.75) is 12.8 Å². The van der Waals surface area contributed by atoms with Crippen LogP contribution in [-0.4, -0.2) is 50.9 Å². The van der Waals surface area contributed by atoms with Crippen molar-refractivity contribution in [3.8, 4) is 11.3 Å². The van der Waals surface area contributed by atoms with E-state index >= 15 is 0 Å². The number of hydrogen-bond acceptors (Lipinski definition) is 7. The molecule has 4 rings (SSSR count). The zero-order valence-corrected chi connectivity index (χ0v) is 15.4. The third-order valence-electron chi connectivity index (χ3n) is 4.39. The first-order valence-corrected chi connectivity index (χ1v) is 9.07. The van der Waals surface area contributed by atoms with Gasteiger partial charge in [0.15, 0.2) is 5.13 Å². The van der Waals surface area contributed by atoms with Crippen molar-refractivity contribution < 1.29 is 9.53 Å². The number of amides is 1. The van der Waals surface area contributed by atoms with Gasteiger partial charge in [0.05, 0.1) is 30.6 Å². The van der Waals surface area contributed by atoms with Gasteiger partial charge in [-0.15, -0.1) is 11.3 Å². The summed E-state index contributed by atoms with van der Waals surface area (Å²) in [6, 6.07) is 0. The molecule has 26 heavy (non-hydrogen) atoms. The van der Waals surface area contributed by atoms with E-state index in [0.29, 0.717) is 23.8 Å². The van der Waals surface area contributed by atoms with E-state index in [1.54, 1.807) is 23.3 Å². The summed E-state index contributed by atoms with van der Waals surface area (Å²) in [5, 5.41) is 5.01. The van der Waals surface area contributed by atoms with Crippen LogP contribution in [-0.2, 0) is 24.6 Å². The molecule has 0 fully saturated rings. The Morgan fingerprint density at radius 1 is 1.31 bits per heavy atom. The summed E-state index contributed by atoms with van der Waals surface area (Å²) in [5.41, 5.74) is 3.59. The zero-order valence-electron chi connectivity index (χ0n) is 14.5. The predicted octanol–water partition coefficient (Wildman–Crippen LogP) is 1.73. The van der Waals surface area contributed by atoms with Crippen LogP contribution in [0.3, 0.4) is 0 Å². The maximum Gasteiger partial charge on any atom is 0.263 e. The van der Waals surface area contributed by atoms with Crippen molar-refractivity contribution in [2.75, 3.05) is 25.2 Å². The van der Waals surface area contributed by atoms with Crippen LogP contribution in [0.15, 0.2) is 24.9 Å². The first-order chi connectivity index (χ1) is 12.7. The molecule has 9 heteroatoms. The molecule has 1 amide bonds. The van der Waals surface area contributed by atoms with E-state index in [1.807, 2.05) is 17.9 Å². The molecule has 0 bridgehead atoms. The second-order valence-electron chi connectivity index (χ2n) is 5.97. The normalized spacial score (nSPS) is 12.5. The van der Waals surface area contributed by atoms with Crippen LogP contribution >= 0.6 is 11.3 Å². The summed E-state index contributed by atoms with van der Waals surface area (Å²) in [4.78, 5) is 28.4. The highest BCUT2D eigenvalue weighted by Gasteiger charge is 2.28. The number of anilines is 1. The number of aryl methyl sites for hydroxylation is 2. The average Bonchev–Trinajstić information content (AvgIpc) is 3.26. The Balaban J connectivity index is 1.72. The van der Waals surface area contributed by atoms with Gasteiger partial charge in [0.1, 0.15) is 6.33 Å². The minimum absolute atomic E-state index is 0.180. The molecule has 0 radical (unpaired) electrons. The Morgan fingerprint density at radius 3 is 2.88 bits per heavy atom. The number of aromatic nitrogens is 5. The van der Waals surface area contributed by atoms with Gasteiger partial charge in [-0.25, -0.2) is 15.0 Å². The van der Waals surface area contributed by atoms with Gasteiger partial charge in [0.2, 0.25) is 0 Å². The molecule has 1 aliphatic carbocycles. The first-order valence-electron chi connectivity index (χ1n) is 8.25. The highest BCUT2D eigenvalue weighted by atomic mass is 32.1. The number of rotatable bonds is 5. The van der Waals surface area contributed by atoms with Crippen molar-refractivity contribution in [3.63, 3.8) is 0 Å². The van der Waals surface area contributed by atoms with Gasteiger partial charge in [-0.3, -0.25) is 14.4 Å². The Hall–Kier alpha value is -2.65. The van der Waals surface area contributed by atoms with E-state index in [1.165, 1.54) is 29.3 Å². The number of nitrogens with zero attached hydrogens (tertiary/aromatic N) is 6. The standard InChI is InChI=1S/C17H18N6O2S/c1-22-13-3-4-14-15(12(13)9-20-22)21-17(26-14)23(5-6-25-2)16(24)11-7-18-10-19-8-11/h7-10H,3-6H2,1-2H3. The van der Waals surface area contributed by atoms with Crippen LogP contribution in [0.1, 0.15) is 20.9 Å². The molecule has 3 heterocycles. The fourth-order valence-corrected chi connectivity index (χ4v) is 4.15. The number of thiazole rings is 1. The van der Waals surface area contributed by atoms with E-state index in [0.717, 1.165) is 24.1 Å². The second kappa shape index (κ2) is 6.93. The maximum atomic E-state index is 13.0. The third-order valence-corrected chi connectivity index (χ3v) is 5.53. The Labute approximate surface area is 154 Å². The summed E-state index contributed by atoms with van der Waals surface area (Å²) in [6.45, 7) is 0.832. The molecule has 3 aromatic heterocycles. The third kappa shape index (κ3) is 2.89. The van der Waals surface area contributed by atoms with Crippen LogP contribution in [0, 0.1) is 0 Å². The van der Waals surface area contributed by atoms with E-state index in [2.05, 4.69) is 15.1 Å². The Morgan fingerprint density at radius 2 is 2.12 bits per heavy atom. The van der Waals surface area contributed by atoms with Crippen molar-refractivity contribution in [3.05, 3.63) is 41.1 Å². The lowest BCUT2D eigenvalue weighted by molar-refractivity contribution is 0.0975. The van der Waals surface area contributed by atoms with Gasteiger partial charge >= 0.3 is 0 Å². The summed E-state index contributed by atoms with van der Waals surface area (Å²) in [6.07, 6.45) is 8.12. The van der Waals surface area contributed by atoms with E-state index in [4.69, 9.17) is 9.72 Å². The lowest BCUT2D eigenvalue weighted by atomic mass is 10.0. The molecule has 0 N–H and O–H groups in total. The topological polar surface area (TPSA) is 86.0 Å². The predicted molar refractivity (Wildman–Crippen MR) is 97.3 cm³/mol. The maximum absolute atomic E-state index is 13.0. The second-order valence-corrected chi connectivity index (χ2v) is 7.04. The van der Waals surface area contributed by atoms with E-state index < -0.39 is 0 Å². The van der Waals surface area contributed by atoms with Crippen molar-refractivity contribution in [1.82, 2.24) is 24.7 Å². The number of hydrogen-bond donors (Lipinski definition) is 0. The van der Waals surface area contributed by atoms with Gasteiger partial charge in [-0.1, -0.05) is 0 Å². The average molecular weight is 370 g/mol. The minimum atomic E-state index is -0.180. The molecular weight excluding hydrogens is 352 g/mol. The SMILES string of the molecule is COCCN(C(=O)c1cncnc1)c1nc2c(s1)CCc1c-2cnn1C. The van der Waals surface area contributed by atoms with Crippen LogP contribution < -0.4 is 4.90 Å². The van der Waals surface area contributed by atoms with Gasteiger partial charge in [0, 0.05) is 42.7 Å². The van der Waals surface area contributed by atoms with Crippen molar-refractivity contribution >= 4 is 22.4 Å². The molecule has 0 aliphatic heterocycles. The summed E-state index contributed by atoms with van der Waals surface area (Å²) in [5.74, 6) is -0.180. The summed E-state index contributed by atoms with van der Waals surface area (Å²) >= 11 is 1.55. The molecule has 0 saturated heterocycles. The monoisotopic (exact) mass is 370 g/mol. The fourth-order valence-electron chi connectivity index (χ4n) is 3.06. The lowest BCUT2D eigenvalue weighted by Crippen LogP contribution is -2.34. The van der Waals surface area contributed by atoms with Crippen LogP contribution in [0.2, 0.25) is 0 Å². The van der Waals surface area contributed by atoms with Crippen molar-refractivity contribution in [1.29, 1.82) is 0 Å². The molecule has 0 atom stereocenters. The number of carbonyl (C=O) groups is 1. The molecule has 0 aromatic carbocycles. The summed E-state index contributed by atoms with van der Waals surface area (Å²) in [7, 11) is 3.56. The number of methoxy groups -OCH3 is 1. The molecule has 0 unspecified atom stereocenters. The van der Waals surface area contributed by atoms with Crippen LogP contribution in [0.5, 0.6) is 0 Å². The van der Waals surface area contributed by atoms with Gasteiger partial charge in [-0.2, -0.15) is 5.10 Å². The van der Waals surface area contributed by atoms with Gasteiger partial charge < -0.3 is 4.74 Å². The summed E-state index contributed by atoms with van der Waals surface area (Å²) < 4.78 is 7.08. The van der Waals surface area contributed by atoms with Gasteiger partial charge in [-0.05, 0) is 12.8 Å². The van der Waals surface area contributed by atoms with Crippen molar-refractivity contribution in [2.24, 2.45) is 7.05 Å². The molecule has 8 nitrogen and oxygen atoms in total. The van der Waals surface area contributed by atoms with E-state index in [9.17, 15) is 4.79 Å². The molecule has 3 aromatic rings.